The highest BCUT2D eigenvalue weighted by atomic mass is 16.6. The number of nitrogens with one attached hydrogen (secondary N) is 1. The molecular weight excluding hydrogens is 460 g/mol. The molecule has 1 saturated heterocycles. The fraction of sp³-hybridized carbons (Fsp3) is 0.480. The van der Waals surface area contributed by atoms with Gasteiger partial charge in [0.25, 0.3) is 0 Å². The highest BCUT2D eigenvalue weighted by molar-refractivity contribution is 6.03. The molecule has 0 unspecified atom stereocenters. The zero-order valence-electron chi connectivity index (χ0n) is 21.4. The Hall–Kier alpha value is -3.89. The first-order valence-electron chi connectivity index (χ1n) is 12.2. The number of benzene rings is 1. The van der Waals surface area contributed by atoms with Gasteiger partial charge in [0, 0.05) is 62.4 Å². The molecule has 2 aromatic heterocycles. The second-order valence-corrected chi connectivity index (χ2v) is 10.3. The van der Waals surface area contributed by atoms with Crippen LogP contribution in [-0.2, 0) is 18.2 Å². The lowest BCUT2D eigenvalue weighted by Gasteiger charge is -2.41. The van der Waals surface area contributed by atoms with Crippen LogP contribution in [0.15, 0.2) is 30.5 Å². The summed E-state index contributed by atoms with van der Waals surface area (Å²) in [6.07, 6.45) is 2.18. The molecule has 0 bridgehead atoms. The maximum absolute atomic E-state index is 13.2. The van der Waals surface area contributed by atoms with Crippen LogP contribution in [0.4, 0.5) is 26.8 Å². The standard InChI is InChI=1S/C25H32N8O3/c1-16-15-31(12-13-32(16)24(35)36-25(2,3)4)21-8-10-26-22-18(21)9-11-33(22)23(34)27-17-6-7-19-20(14-17)29-30(5)28-19/h6-8,10,14,16H,9,11-13,15H2,1-5H3,(H,27,34)/t16-/m1/s1. The Balaban J connectivity index is 1.29. The molecule has 1 aromatic carbocycles. The molecule has 5 rings (SSSR count). The van der Waals surface area contributed by atoms with Crippen molar-refractivity contribution in [3.8, 4) is 0 Å². The van der Waals surface area contributed by atoms with E-state index in [9.17, 15) is 9.59 Å². The molecule has 190 valence electrons. The minimum absolute atomic E-state index is 0.00535. The van der Waals surface area contributed by atoms with Gasteiger partial charge in [-0.1, -0.05) is 0 Å². The summed E-state index contributed by atoms with van der Waals surface area (Å²) in [7, 11) is 1.76. The lowest BCUT2D eigenvalue weighted by atomic mass is 10.1. The van der Waals surface area contributed by atoms with Gasteiger partial charge in [0.05, 0.1) is 0 Å². The zero-order chi connectivity index (χ0) is 25.6. The second kappa shape index (κ2) is 8.96. The quantitative estimate of drug-likeness (QED) is 0.584. The number of aryl methyl sites for hydroxylation is 1. The number of hydrogen-bond donors (Lipinski definition) is 1. The Kier molecular flexibility index (Phi) is 5.93. The molecule has 2 aliphatic heterocycles. The third-order valence-corrected chi connectivity index (χ3v) is 6.42. The summed E-state index contributed by atoms with van der Waals surface area (Å²) in [5, 5.41) is 11.5. The molecule has 0 aliphatic carbocycles. The van der Waals surface area contributed by atoms with Gasteiger partial charge in [0.1, 0.15) is 22.5 Å². The number of ether oxygens (including phenoxy) is 1. The van der Waals surface area contributed by atoms with Crippen LogP contribution in [0.2, 0.25) is 0 Å². The maximum Gasteiger partial charge on any atom is 0.410 e. The normalized spacial score (nSPS) is 17.9. The van der Waals surface area contributed by atoms with Gasteiger partial charge < -0.3 is 19.9 Å². The van der Waals surface area contributed by atoms with Crippen LogP contribution in [0.5, 0.6) is 0 Å². The smallest absolute Gasteiger partial charge is 0.410 e. The number of carbonyl (C=O) groups is 2. The number of anilines is 3. The van der Waals surface area contributed by atoms with Crippen LogP contribution in [0.1, 0.15) is 33.3 Å². The summed E-state index contributed by atoms with van der Waals surface area (Å²) < 4.78 is 5.58. The molecule has 1 N–H and O–H groups in total. The number of aromatic nitrogens is 4. The molecule has 36 heavy (non-hydrogen) atoms. The van der Waals surface area contributed by atoms with Gasteiger partial charge in [-0.3, -0.25) is 4.90 Å². The van der Waals surface area contributed by atoms with E-state index in [1.807, 2.05) is 52.0 Å². The summed E-state index contributed by atoms with van der Waals surface area (Å²) >= 11 is 0. The Morgan fingerprint density at radius 1 is 1.08 bits per heavy atom. The second-order valence-electron chi connectivity index (χ2n) is 10.3. The number of rotatable bonds is 2. The third-order valence-electron chi connectivity index (χ3n) is 6.42. The van der Waals surface area contributed by atoms with Crippen molar-refractivity contribution >= 4 is 40.4 Å². The van der Waals surface area contributed by atoms with Crippen LogP contribution in [0.25, 0.3) is 11.0 Å². The van der Waals surface area contributed by atoms with E-state index in [2.05, 4.69) is 25.4 Å². The van der Waals surface area contributed by atoms with Gasteiger partial charge in [-0.2, -0.15) is 15.0 Å². The first-order chi connectivity index (χ1) is 17.1. The van der Waals surface area contributed by atoms with Crippen molar-refractivity contribution < 1.29 is 14.3 Å². The summed E-state index contributed by atoms with van der Waals surface area (Å²) in [6, 6.07) is 7.23. The van der Waals surface area contributed by atoms with E-state index in [1.54, 1.807) is 23.0 Å². The third kappa shape index (κ3) is 4.65. The van der Waals surface area contributed by atoms with Crippen LogP contribution in [-0.4, -0.2) is 74.8 Å². The molecular formula is C25H32N8O3. The molecule has 3 aromatic rings. The number of amides is 3. The lowest BCUT2D eigenvalue weighted by Crippen LogP contribution is -2.55. The van der Waals surface area contributed by atoms with Crippen molar-refractivity contribution in [3.63, 3.8) is 0 Å². The number of nitrogens with zero attached hydrogens (tertiary/aromatic N) is 7. The van der Waals surface area contributed by atoms with E-state index < -0.39 is 5.60 Å². The van der Waals surface area contributed by atoms with Gasteiger partial charge in [-0.15, -0.1) is 0 Å². The summed E-state index contributed by atoms with van der Waals surface area (Å²) in [5.41, 5.74) is 3.74. The molecule has 4 heterocycles. The highest BCUT2D eigenvalue weighted by Gasteiger charge is 2.34. The van der Waals surface area contributed by atoms with Crippen molar-refractivity contribution in [1.29, 1.82) is 0 Å². The molecule has 11 nitrogen and oxygen atoms in total. The van der Waals surface area contributed by atoms with Crippen molar-refractivity contribution in [1.82, 2.24) is 24.9 Å². The first kappa shape index (κ1) is 23.8. The van der Waals surface area contributed by atoms with Gasteiger partial charge in [-0.05, 0) is 58.4 Å². The molecule has 0 spiro atoms. The Morgan fingerprint density at radius 3 is 2.61 bits per heavy atom. The van der Waals surface area contributed by atoms with Gasteiger partial charge in [-0.25, -0.2) is 14.6 Å². The van der Waals surface area contributed by atoms with E-state index in [4.69, 9.17) is 4.74 Å². The lowest BCUT2D eigenvalue weighted by molar-refractivity contribution is 0.0159. The molecule has 2 aliphatic rings. The molecule has 11 heteroatoms. The highest BCUT2D eigenvalue weighted by Crippen LogP contribution is 2.35. The van der Waals surface area contributed by atoms with Gasteiger partial charge in [0.2, 0.25) is 0 Å². The van der Waals surface area contributed by atoms with Gasteiger partial charge in [0.15, 0.2) is 0 Å². The van der Waals surface area contributed by atoms with E-state index in [0.717, 1.165) is 28.7 Å². The van der Waals surface area contributed by atoms with Gasteiger partial charge >= 0.3 is 12.1 Å². The largest absolute Gasteiger partial charge is 0.444 e. The number of piperazine rings is 1. The predicted octanol–water partition coefficient (Wildman–Crippen LogP) is 3.40. The van der Waals surface area contributed by atoms with Crippen LogP contribution >= 0.6 is 0 Å². The SMILES string of the molecule is C[C@@H]1CN(c2ccnc3c2CCN3C(=O)Nc2ccc3nn(C)nc3c2)CCN1C(=O)OC(C)(C)C. The minimum Gasteiger partial charge on any atom is -0.444 e. The number of carbonyl (C=O) groups excluding carboxylic acids is 2. The topological polar surface area (TPSA) is 109 Å². The zero-order valence-corrected chi connectivity index (χ0v) is 21.4. The van der Waals surface area contributed by atoms with Crippen molar-refractivity contribution in [2.75, 3.05) is 41.3 Å². The van der Waals surface area contributed by atoms with Crippen LogP contribution < -0.4 is 15.1 Å². The average Bonchev–Trinajstić information content (AvgIpc) is 3.40. The monoisotopic (exact) mass is 492 g/mol. The fourth-order valence-electron chi connectivity index (χ4n) is 4.83. The average molecular weight is 493 g/mol. The fourth-order valence-corrected chi connectivity index (χ4v) is 4.83. The van der Waals surface area contributed by atoms with Crippen LogP contribution in [0.3, 0.4) is 0 Å². The van der Waals surface area contributed by atoms with E-state index in [0.29, 0.717) is 37.7 Å². The molecule has 1 fully saturated rings. The predicted molar refractivity (Wildman–Crippen MR) is 137 cm³/mol. The van der Waals surface area contributed by atoms with E-state index >= 15 is 0 Å². The Bertz CT molecular complexity index is 1310. The van der Waals surface area contributed by atoms with Crippen molar-refractivity contribution in [3.05, 3.63) is 36.0 Å². The van der Waals surface area contributed by atoms with Crippen molar-refractivity contribution in [2.24, 2.45) is 7.05 Å². The summed E-state index contributed by atoms with van der Waals surface area (Å²) in [5.74, 6) is 0.674. The number of pyridine rings is 1. The molecule has 3 amide bonds. The number of urea groups is 1. The maximum atomic E-state index is 13.2. The number of fused-ring (bicyclic) bond motifs is 2. The first-order valence-corrected chi connectivity index (χ1v) is 12.2. The molecule has 0 radical (unpaired) electrons. The summed E-state index contributed by atoms with van der Waals surface area (Å²) in [6.45, 7) is 10.1. The Morgan fingerprint density at radius 2 is 1.86 bits per heavy atom. The molecule has 1 atom stereocenters. The van der Waals surface area contributed by atoms with Crippen molar-refractivity contribution in [2.45, 2.75) is 45.8 Å². The number of hydrogen-bond acceptors (Lipinski definition) is 7. The Labute approximate surface area is 210 Å². The van der Waals surface area contributed by atoms with E-state index in [1.165, 1.54) is 4.80 Å². The minimum atomic E-state index is -0.524. The van der Waals surface area contributed by atoms with Crippen LogP contribution in [0, 0.1) is 0 Å². The summed E-state index contributed by atoms with van der Waals surface area (Å²) in [4.78, 5) is 37.6. The molecule has 0 saturated carbocycles. The van der Waals surface area contributed by atoms with E-state index in [-0.39, 0.29) is 18.2 Å².